The molecule has 2 rings (SSSR count). The molecule has 102 valence electrons. The molecule has 0 amide bonds. The highest BCUT2D eigenvalue weighted by Gasteiger charge is 2.15. The van der Waals surface area contributed by atoms with Crippen molar-refractivity contribution in [1.82, 2.24) is 0 Å². The largest absolute Gasteiger partial charge is 0.453 e. The summed E-state index contributed by atoms with van der Waals surface area (Å²) >= 11 is 11.9. The highest BCUT2D eigenvalue weighted by molar-refractivity contribution is 6.33. The summed E-state index contributed by atoms with van der Waals surface area (Å²) in [6, 6.07) is 8.40. The zero-order valence-electron chi connectivity index (χ0n) is 9.88. The minimum atomic E-state index is -0.573. The van der Waals surface area contributed by atoms with Gasteiger partial charge in [0, 0.05) is 6.07 Å². The molecule has 0 spiro atoms. The SMILES string of the molecule is O=Cc1cccc(Cl)c1Oc1cc([N+](=O)[O-])ccc1Cl. The fraction of sp³-hybridized carbons (Fsp3) is 0. The predicted molar refractivity (Wildman–Crippen MR) is 75.0 cm³/mol. The third-order valence-electron chi connectivity index (χ3n) is 2.46. The number of benzene rings is 2. The van der Waals surface area contributed by atoms with Crippen LogP contribution in [0.1, 0.15) is 10.4 Å². The van der Waals surface area contributed by atoms with Crippen LogP contribution in [0.3, 0.4) is 0 Å². The predicted octanol–water partition coefficient (Wildman–Crippen LogP) is 4.51. The molecule has 2 aromatic rings. The lowest BCUT2D eigenvalue weighted by Gasteiger charge is -2.10. The number of aldehydes is 1. The average Bonchev–Trinajstić information content (AvgIpc) is 2.42. The van der Waals surface area contributed by atoms with Gasteiger partial charge in [0.2, 0.25) is 0 Å². The number of ether oxygens (including phenoxy) is 1. The first-order valence-corrected chi connectivity index (χ1v) is 6.14. The van der Waals surface area contributed by atoms with E-state index in [2.05, 4.69) is 0 Å². The molecule has 20 heavy (non-hydrogen) atoms. The molecular formula is C13H7Cl2NO4. The van der Waals surface area contributed by atoms with E-state index in [-0.39, 0.29) is 32.8 Å². The maximum absolute atomic E-state index is 10.9. The van der Waals surface area contributed by atoms with Crippen molar-refractivity contribution in [3.05, 3.63) is 62.1 Å². The molecule has 0 unspecified atom stereocenters. The van der Waals surface area contributed by atoms with E-state index < -0.39 is 4.92 Å². The van der Waals surface area contributed by atoms with E-state index in [0.29, 0.717) is 6.29 Å². The van der Waals surface area contributed by atoms with E-state index in [1.165, 1.54) is 30.3 Å². The van der Waals surface area contributed by atoms with Crippen molar-refractivity contribution in [3.63, 3.8) is 0 Å². The lowest BCUT2D eigenvalue weighted by Crippen LogP contribution is -1.94. The van der Waals surface area contributed by atoms with Crippen LogP contribution in [0.15, 0.2) is 36.4 Å². The zero-order chi connectivity index (χ0) is 14.7. The molecule has 0 saturated carbocycles. The van der Waals surface area contributed by atoms with Crippen molar-refractivity contribution >= 4 is 35.2 Å². The van der Waals surface area contributed by atoms with E-state index in [0.717, 1.165) is 0 Å². The van der Waals surface area contributed by atoms with E-state index >= 15 is 0 Å². The van der Waals surface area contributed by atoms with Gasteiger partial charge in [-0.2, -0.15) is 0 Å². The van der Waals surface area contributed by atoms with E-state index in [1.807, 2.05) is 0 Å². The molecule has 0 aromatic heterocycles. The molecule has 0 aliphatic carbocycles. The maximum Gasteiger partial charge on any atom is 0.273 e. The Labute approximate surface area is 123 Å². The topological polar surface area (TPSA) is 69.4 Å². The number of carbonyl (C=O) groups excluding carboxylic acids is 1. The molecule has 0 saturated heterocycles. The van der Waals surface area contributed by atoms with Gasteiger partial charge >= 0.3 is 0 Å². The fourth-order valence-corrected chi connectivity index (χ4v) is 1.90. The Morgan fingerprint density at radius 3 is 2.55 bits per heavy atom. The minimum Gasteiger partial charge on any atom is -0.453 e. The summed E-state index contributed by atoms with van der Waals surface area (Å²) in [5.74, 6) is 0.156. The number of non-ortho nitro benzene ring substituents is 1. The van der Waals surface area contributed by atoms with Crippen LogP contribution < -0.4 is 4.74 Å². The Morgan fingerprint density at radius 2 is 1.90 bits per heavy atom. The van der Waals surface area contributed by atoms with Crippen molar-refractivity contribution < 1.29 is 14.5 Å². The zero-order valence-corrected chi connectivity index (χ0v) is 11.4. The maximum atomic E-state index is 10.9. The number of hydrogen-bond acceptors (Lipinski definition) is 4. The van der Waals surface area contributed by atoms with Gasteiger partial charge in [0.15, 0.2) is 17.8 Å². The molecular weight excluding hydrogens is 305 g/mol. The molecule has 0 N–H and O–H groups in total. The second kappa shape index (κ2) is 5.90. The van der Waals surface area contributed by atoms with Gasteiger partial charge in [-0.1, -0.05) is 29.3 Å². The van der Waals surface area contributed by atoms with Crippen molar-refractivity contribution in [2.75, 3.05) is 0 Å². The molecule has 0 aliphatic rings. The highest BCUT2D eigenvalue weighted by Crippen LogP contribution is 2.37. The Kier molecular flexibility index (Phi) is 4.22. The van der Waals surface area contributed by atoms with E-state index in [1.54, 1.807) is 6.07 Å². The normalized spacial score (nSPS) is 10.1. The van der Waals surface area contributed by atoms with Crippen LogP contribution in [-0.4, -0.2) is 11.2 Å². The fourth-order valence-electron chi connectivity index (χ4n) is 1.52. The number of rotatable bonds is 4. The number of nitro benzene ring substituents is 1. The first kappa shape index (κ1) is 14.3. The minimum absolute atomic E-state index is 0.0528. The molecule has 0 heterocycles. The van der Waals surface area contributed by atoms with Gasteiger partial charge in [0.05, 0.1) is 26.6 Å². The summed E-state index contributed by atoms with van der Waals surface area (Å²) in [6.45, 7) is 0. The van der Waals surface area contributed by atoms with E-state index in [4.69, 9.17) is 27.9 Å². The molecule has 2 aromatic carbocycles. The van der Waals surface area contributed by atoms with Gasteiger partial charge in [-0.3, -0.25) is 14.9 Å². The summed E-state index contributed by atoms with van der Waals surface area (Å²) in [4.78, 5) is 21.1. The van der Waals surface area contributed by atoms with Gasteiger partial charge in [-0.05, 0) is 18.2 Å². The van der Waals surface area contributed by atoms with Gasteiger partial charge in [-0.25, -0.2) is 0 Å². The number of nitro groups is 1. The Hall–Kier alpha value is -2.11. The van der Waals surface area contributed by atoms with Gasteiger partial charge in [-0.15, -0.1) is 0 Å². The van der Waals surface area contributed by atoms with Crippen LogP contribution in [0.25, 0.3) is 0 Å². The quantitative estimate of drug-likeness (QED) is 0.473. The lowest BCUT2D eigenvalue weighted by atomic mass is 10.2. The molecule has 5 nitrogen and oxygen atoms in total. The van der Waals surface area contributed by atoms with Crippen molar-refractivity contribution in [3.8, 4) is 11.5 Å². The Morgan fingerprint density at radius 1 is 1.15 bits per heavy atom. The number of hydrogen-bond donors (Lipinski definition) is 0. The van der Waals surface area contributed by atoms with Crippen molar-refractivity contribution in [1.29, 1.82) is 0 Å². The highest BCUT2D eigenvalue weighted by atomic mass is 35.5. The molecule has 0 atom stereocenters. The summed E-state index contributed by atoms with van der Waals surface area (Å²) in [6.07, 6.45) is 0.576. The first-order chi connectivity index (χ1) is 9.52. The number of carbonyl (C=O) groups is 1. The summed E-state index contributed by atoms with van der Waals surface area (Å²) in [5.41, 5.74) is 0.0455. The van der Waals surface area contributed by atoms with Gasteiger partial charge in [0.1, 0.15) is 0 Å². The van der Waals surface area contributed by atoms with Crippen LogP contribution >= 0.6 is 23.2 Å². The number of halogens is 2. The summed E-state index contributed by atoms with van der Waals surface area (Å²) in [5, 5.41) is 11.1. The average molecular weight is 312 g/mol. The third kappa shape index (κ3) is 2.89. The molecule has 7 heteroatoms. The van der Waals surface area contributed by atoms with Crippen molar-refractivity contribution in [2.45, 2.75) is 0 Å². The first-order valence-electron chi connectivity index (χ1n) is 5.38. The Bertz CT molecular complexity index is 688. The standard InChI is InChI=1S/C13H7Cl2NO4/c14-10-5-4-9(16(18)19)6-12(10)20-13-8(7-17)2-1-3-11(13)15/h1-7H. The summed E-state index contributed by atoms with van der Waals surface area (Å²) in [7, 11) is 0. The Balaban J connectivity index is 2.47. The van der Waals surface area contributed by atoms with Gasteiger partial charge in [0.25, 0.3) is 5.69 Å². The molecule has 0 fully saturated rings. The lowest BCUT2D eigenvalue weighted by molar-refractivity contribution is -0.384. The smallest absolute Gasteiger partial charge is 0.273 e. The number of para-hydroxylation sites is 1. The second-order valence-electron chi connectivity index (χ2n) is 3.75. The van der Waals surface area contributed by atoms with Crippen LogP contribution in [-0.2, 0) is 0 Å². The number of nitrogens with zero attached hydrogens (tertiary/aromatic N) is 1. The third-order valence-corrected chi connectivity index (χ3v) is 3.07. The summed E-state index contributed by atoms with van der Waals surface area (Å²) < 4.78 is 5.45. The second-order valence-corrected chi connectivity index (χ2v) is 4.56. The molecule has 0 bridgehead atoms. The van der Waals surface area contributed by atoms with E-state index in [9.17, 15) is 14.9 Å². The van der Waals surface area contributed by atoms with Gasteiger partial charge < -0.3 is 4.74 Å². The monoisotopic (exact) mass is 311 g/mol. The van der Waals surface area contributed by atoms with Crippen molar-refractivity contribution in [2.24, 2.45) is 0 Å². The van der Waals surface area contributed by atoms with Crippen LogP contribution in [0.4, 0.5) is 5.69 Å². The van der Waals surface area contributed by atoms with Crippen LogP contribution in [0, 0.1) is 10.1 Å². The molecule has 0 aliphatic heterocycles. The van der Waals surface area contributed by atoms with Crippen LogP contribution in [0.5, 0.6) is 11.5 Å². The molecule has 0 radical (unpaired) electrons. The van der Waals surface area contributed by atoms with Crippen LogP contribution in [0.2, 0.25) is 10.0 Å².